The van der Waals surface area contributed by atoms with E-state index in [2.05, 4.69) is 0 Å². The summed E-state index contributed by atoms with van der Waals surface area (Å²) in [5.41, 5.74) is 1.000. The number of nitro groups is 1. The number of rotatable bonds is 6. The van der Waals surface area contributed by atoms with Gasteiger partial charge < -0.3 is 18.8 Å². The Morgan fingerprint density at radius 3 is 2.80 bits per heavy atom. The number of aromatic nitrogens is 1. The van der Waals surface area contributed by atoms with E-state index in [1.807, 2.05) is 25.1 Å². The molecule has 1 aliphatic rings. The van der Waals surface area contributed by atoms with E-state index in [0.717, 1.165) is 5.56 Å². The minimum atomic E-state index is -0.747. The van der Waals surface area contributed by atoms with Crippen molar-refractivity contribution in [3.05, 3.63) is 62.6 Å². The normalized spacial score (nSPS) is 12.7. The number of non-ortho nitro benzene ring substituents is 1. The average Bonchev–Trinajstić information content (AvgIpc) is 3.06. The van der Waals surface area contributed by atoms with Crippen LogP contribution in [0.15, 0.2) is 45.6 Å². The van der Waals surface area contributed by atoms with Crippen LogP contribution in [0.2, 0.25) is 0 Å². The maximum atomic E-state index is 12.9. The fourth-order valence-electron chi connectivity index (χ4n) is 3.39. The van der Waals surface area contributed by atoms with Crippen molar-refractivity contribution in [3.8, 4) is 11.5 Å². The van der Waals surface area contributed by atoms with E-state index in [1.54, 1.807) is 4.90 Å². The van der Waals surface area contributed by atoms with Gasteiger partial charge in [0, 0.05) is 24.7 Å². The Labute approximate surface area is 170 Å². The maximum Gasteiger partial charge on any atom is 0.420 e. The van der Waals surface area contributed by atoms with E-state index >= 15 is 0 Å². The predicted molar refractivity (Wildman–Crippen MR) is 106 cm³/mol. The summed E-state index contributed by atoms with van der Waals surface area (Å²) in [4.78, 5) is 37.1. The van der Waals surface area contributed by atoms with E-state index in [1.165, 1.54) is 22.8 Å². The Morgan fingerprint density at radius 2 is 2.03 bits per heavy atom. The fourth-order valence-corrected chi connectivity index (χ4v) is 3.39. The number of nitrogens with zero attached hydrogens (tertiary/aromatic N) is 3. The molecule has 0 N–H and O–H groups in total. The Morgan fingerprint density at radius 1 is 1.23 bits per heavy atom. The first kappa shape index (κ1) is 19.5. The van der Waals surface area contributed by atoms with Crippen LogP contribution < -0.4 is 15.2 Å². The van der Waals surface area contributed by atoms with E-state index in [9.17, 15) is 19.7 Å². The third-order valence-electron chi connectivity index (χ3n) is 4.90. The molecular formula is C20H19N3O7. The molecule has 156 valence electrons. The number of nitro benzene ring substituents is 1. The lowest BCUT2D eigenvalue weighted by molar-refractivity contribution is -0.384. The zero-order valence-corrected chi connectivity index (χ0v) is 16.2. The lowest BCUT2D eigenvalue weighted by atomic mass is 10.1. The number of ether oxygens (including phenoxy) is 2. The molecule has 10 heteroatoms. The third kappa shape index (κ3) is 3.59. The molecule has 4 rings (SSSR count). The van der Waals surface area contributed by atoms with Crippen LogP contribution in [-0.2, 0) is 17.9 Å². The molecule has 0 radical (unpaired) electrons. The molecule has 0 saturated heterocycles. The number of carbonyl (C=O) groups excluding carboxylic acids is 1. The highest BCUT2D eigenvalue weighted by Gasteiger charge is 2.22. The molecule has 30 heavy (non-hydrogen) atoms. The van der Waals surface area contributed by atoms with Crippen molar-refractivity contribution in [2.45, 2.75) is 20.0 Å². The van der Waals surface area contributed by atoms with Crippen LogP contribution in [-0.4, -0.2) is 40.1 Å². The van der Waals surface area contributed by atoms with Crippen LogP contribution in [0.1, 0.15) is 12.5 Å². The molecule has 0 fully saturated rings. The van der Waals surface area contributed by atoms with Gasteiger partial charge in [-0.1, -0.05) is 12.1 Å². The fraction of sp³-hybridized carbons (Fsp3) is 0.300. The summed E-state index contributed by atoms with van der Waals surface area (Å²) in [6.45, 7) is 3.21. The molecule has 0 spiro atoms. The smallest absolute Gasteiger partial charge is 0.420 e. The minimum absolute atomic E-state index is 0.0627. The van der Waals surface area contributed by atoms with Crippen molar-refractivity contribution in [2.24, 2.45) is 0 Å². The summed E-state index contributed by atoms with van der Waals surface area (Å²) < 4.78 is 17.5. The third-order valence-corrected chi connectivity index (χ3v) is 4.90. The first-order chi connectivity index (χ1) is 14.5. The first-order valence-electron chi connectivity index (χ1n) is 9.41. The standard InChI is InChI=1S/C20H19N3O7/c1-2-21(11-13-4-3-5-16-19(13)29-9-8-28-16)18(24)12-22-15-7-6-14(23(26)27)10-17(15)30-20(22)25/h3-7,10H,2,8-9,11-12H2,1H3. The number of likely N-dealkylation sites (N-methyl/N-ethyl adjacent to an activating group) is 1. The van der Waals surface area contributed by atoms with E-state index in [0.29, 0.717) is 36.8 Å². The molecule has 1 amide bonds. The van der Waals surface area contributed by atoms with Gasteiger partial charge in [-0.25, -0.2) is 4.79 Å². The van der Waals surface area contributed by atoms with Gasteiger partial charge in [-0.15, -0.1) is 0 Å². The van der Waals surface area contributed by atoms with Gasteiger partial charge >= 0.3 is 5.76 Å². The second-order valence-corrected chi connectivity index (χ2v) is 6.71. The van der Waals surface area contributed by atoms with Crippen molar-refractivity contribution in [3.63, 3.8) is 0 Å². The number of hydrogen-bond acceptors (Lipinski definition) is 7. The summed E-state index contributed by atoms with van der Waals surface area (Å²) in [5, 5.41) is 10.9. The molecule has 1 aliphatic heterocycles. The Kier molecular flexibility index (Phi) is 5.13. The van der Waals surface area contributed by atoms with Crippen molar-refractivity contribution in [1.29, 1.82) is 0 Å². The van der Waals surface area contributed by atoms with E-state index in [-0.39, 0.29) is 30.3 Å². The lowest BCUT2D eigenvalue weighted by Crippen LogP contribution is -2.35. The summed E-state index contributed by atoms with van der Waals surface area (Å²) in [6.07, 6.45) is 0. The van der Waals surface area contributed by atoms with Gasteiger partial charge in [-0.05, 0) is 19.1 Å². The van der Waals surface area contributed by atoms with Gasteiger partial charge in [0.2, 0.25) is 5.91 Å². The second kappa shape index (κ2) is 7.90. The van der Waals surface area contributed by atoms with E-state index in [4.69, 9.17) is 13.9 Å². The van der Waals surface area contributed by atoms with Gasteiger partial charge in [0.25, 0.3) is 5.69 Å². The molecule has 0 bridgehead atoms. The topological polar surface area (TPSA) is 117 Å². The predicted octanol–water partition coefficient (Wildman–Crippen LogP) is 2.32. The number of oxazole rings is 1. The van der Waals surface area contributed by atoms with Crippen LogP contribution in [0, 0.1) is 10.1 Å². The highest BCUT2D eigenvalue weighted by molar-refractivity contribution is 5.80. The molecule has 0 unspecified atom stereocenters. The number of amides is 1. The minimum Gasteiger partial charge on any atom is -0.486 e. The Hall–Kier alpha value is -3.82. The van der Waals surface area contributed by atoms with Crippen molar-refractivity contribution in [1.82, 2.24) is 9.47 Å². The number of fused-ring (bicyclic) bond motifs is 2. The molecule has 10 nitrogen and oxygen atoms in total. The summed E-state index contributed by atoms with van der Waals surface area (Å²) in [7, 11) is 0. The first-order valence-corrected chi connectivity index (χ1v) is 9.41. The van der Waals surface area contributed by atoms with Crippen molar-refractivity contribution in [2.75, 3.05) is 19.8 Å². The number of para-hydroxylation sites is 1. The largest absolute Gasteiger partial charge is 0.486 e. The Bertz CT molecular complexity index is 1180. The van der Waals surface area contributed by atoms with Crippen molar-refractivity contribution >= 4 is 22.7 Å². The van der Waals surface area contributed by atoms with Crippen LogP contribution in [0.3, 0.4) is 0 Å². The summed E-state index contributed by atoms with van der Waals surface area (Å²) in [5.74, 6) is 0.216. The number of carbonyl (C=O) groups is 1. The van der Waals surface area contributed by atoms with Gasteiger partial charge in [-0.2, -0.15) is 0 Å². The van der Waals surface area contributed by atoms with Crippen LogP contribution in [0.5, 0.6) is 11.5 Å². The zero-order valence-electron chi connectivity index (χ0n) is 16.2. The monoisotopic (exact) mass is 413 g/mol. The quantitative estimate of drug-likeness (QED) is 0.450. The molecule has 0 saturated carbocycles. The van der Waals surface area contributed by atoms with Crippen LogP contribution in [0.25, 0.3) is 11.1 Å². The van der Waals surface area contributed by atoms with Gasteiger partial charge in [0.1, 0.15) is 19.8 Å². The highest BCUT2D eigenvalue weighted by atomic mass is 16.6. The second-order valence-electron chi connectivity index (χ2n) is 6.71. The Balaban J connectivity index is 1.58. The van der Waals surface area contributed by atoms with Crippen LogP contribution >= 0.6 is 0 Å². The maximum absolute atomic E-state index is 12.9. The molecular weight excluding hydrogens is 394 g/mol. The number of hydrogen-bond donors (Lipinski definition) is 0. The SMILES string of the molecule is CCN(Cc1cccc2c1OCCO2)C(=O)Cn1c(=O)oc2cc([N+](=O)[O-])ccc21. The average molecular weight is 413 g/mol. The molecule has 2 heterocycles. The molecule has 0 atom stereocenters. The summed E-state index contributed by atoms with van der Waals surface area (Å²) in [6, 6.07) is 9.35. The highest BCUT2D eigenvalue weighted by Crippen LogP contribution is 2.34. The molecule has 0 aliphatic carbocycles. The van der Waals surface area contributed by atoms with Gasteiger partial charge in [0.15, 0.2) is 17.1 Å². The zero-order chi connectivity index (χ0) is 21.3. The van der Waals surface area contributed by atoms with Crippen molar-refractivity contribution < 1.29 is 23.6 Å². The molecule has 1 aromatic heterocycles. The molecule has 3 aromatic rings. The lowest BCUT2D eigenvalue weighted by Gasteiger charge is -2.25. The van der Waals surface area contributed by atoms with E-state index < -0.39 is 10.7 Å². The van der Waals surface area contributed by atoms with Crippen LogP contribution in [0.4, 0.5) is 5.69 Å². The van der Waals surface area contributed by atoms with Gasteiger partial charge in [0.05, 0.1) is 16.5 Å². The number of benzene rings is 2. The molecule has 2 aromatic carbocycles. The summed E-state index contributed by atoms with van der Waals surface area (Å²) >= 11 is 0. The van der Waals surface area contributed by atoms with Gasteiger partial charge in [-0.3, -0.25) is 19.5 Å².